The van der Waals surface area contributed by atoms with Gasteiger partial charge in [0.15, 0.2) is 0 Å². The van der Waals surface area contributed by atoms with Crippen molar-refractivity contribution in [2.24, 2.45) is 5.73 Å². The minimum atomic E-state index is -4.03. The Hall–Kier alpha value is -3.07. The summed E-state index contributed by atoms with van der Waals surface area (Å²) in [5, 5.41) is 2.22. The fourth-order valence-corrected chi connectivity index (χ4v) is 6.09. The quantitative estimate of drug-likeness (QED) is 0.329. The predicted octanol–water partition coefficient (Wildman–Crippen LogP) is 3.68. The maximum Gasteiger partial charge on any atom is 0.363 e. The number of hydrazine groups is 1. The zero-order chi connectivity index (χ0) is 24.5. The fourth-order valence-electron chi connectivity index (χ4n) is 4.25. The van der Waals surface area contributed by atoms with E-state index in [9.17, 15) is 8.42 Å². The summed E-state index contributed by atoms with van der Waals surface area (Å²) >= 11 is 6.16. The Morgan fingerprint density at radius 3 is 2.29 bits per heavy atom. The van der Waals surface area contributed by atoms with Crippen molar-refractivity contribution in [3.05, 3.63) is 95.0 Å². The molecule has 1 fully saturated rings. The molecular formula is C25H28ClN4O3S+. The largest absolute Gasteiger partial charge is 0.497 e. The zero-order valence-electron chi connectivity index (χ0n) is 19.3. The van der Waals surface area contributed by atoms with Crippen LogP contribution in [0.3, 0.4) is 0 Å². The van der Waals surface area contributed by atoms with Gasteiger partial charge in [0, 0.05) is 17.0 Å². The molecule has 0 saturated carbocycles. The second kappa shape index (κ2) is 9.66. The Morgan fingerprint density at radius 1 is 1.00 bits per heavy atom. The number of guanidine groups is 1. The highest BCUT2D eigenvalue weighted by atomic mass is 35.5. The minimum Gasteiger partial charge on any atom is -0.497 e. The summed E-state index contributed by atoms with van der Waals surface area (Å²) in [7, 11) is 1.06. The summed E-state index contributed by atoms with van der Waals surface area (Å²) in [6, 6.07) is 23.1. The van der Waals surface area contributed by atoms with Crippen molar-refractivity contribution in [3.63, 3.8) is 0 Å². The van der Waals surface area contributed by atoms with Gasteiger partial charge in [0.05, 0.1) is 38.7 Å². The Morgan fingerprint density at radius 2 is 1.68 bits per heavy atom. The number of nitrogens with zero attached hydrogens (tertiary/aromatic N) is 3. The van der Waals surface area contributed by atoms with Crippen LogP contribution in [-0.4, -0.2) is 56.1 Å². The van der Waals surface area contributed by atoms with Crippen LogP contribution in [0.25, 0.3) is 0 Å². The van der Waals surface area contributed by atoms with Crippen molar-refractivity contribution in [2.75, 3.05) is 27.7 Å². The van der Waals surface area contributed by atoms with Crippen LogP contribution in [0.5, 0.6) is 5.75 Å². The summed E-state index contributed by atoms with van der Waals surface area (Å²) < 4.78 is 36.8. The lowest BCUT2D eigenvalue weighted by Crippen LogP contribution is -2.51. The molecule has 2 atom stereocenters. The van der Waals surface area contributed by atoms with Crippen LogP contribution in [0.4, 0.5) is 0 Å². The van der Waals surface area contributed by atoms with E-state index in [-0.39, 0.29) is 10.8 Å². The number of methoxy groups -OCH3 is 1. The van der Waals surface area contributed by atoms with Crippen LogP contribution in [-0.2, 0) is 10.0 Å². The monoisotopic (exact) mass is 499 g/mol. The average Bonchev–Trinajstić information content (AvgIpc) is 3.26. The molecule has 34 heavy (non-hydrogen) atoms. The first-order chi connectivity index (χ1) is 16.2. The van der Waals surface area contributed by atoms with Crippen molar-refractivity contribution in [1.29, 1.82) is 0 Å². The van der Waals surface area contributed by atoms with E-state index < -0.39 is 16.1 Å². The van der Waals surface area contributed by atoms with Crippen molar-refractivity contribution in [3.8, 4) is 5.75 Å². The summed E-state index contributed by atoms with van der Waals surface area (Å²) in [6.07, 6.45) is 0. The first-order valence-electron chi connectivity index (χ1n) is 10.8. The van der Waals surface area contributed by atoms with Crippen molar-refractivity contribution in [1.82, 2.24) is 9.42 Å². The molecule has 0 amide bonds. The molecule has 1 saturated heterocycles. The molecule has 178 valence electrons. The molecule has 0 radical (unpaired) electrons. The normalized spacial score (nSPS) is 18.6. The molecule has 0 bridgehead atoms. The number of sulfonamides is 1. The zero-order valence-corrected chi connectivity index (χ0v) is 20.9. The van der Waals surface area contributed by atoms with E-state index in [1.54, 1.807) is 54.0 Å². The molecule has 0 spiro atoms. The van der Waals surface area contributed by atoms with Gasteiger partial charge in [-0.3, -0.25) is 10.3 Å². The van der Waals surface area contributed by atoms with E-state index in [1.807, 2.05) is 42.5 Å². The highest BCUT2D eigenvalue weighted by Gasteiger charge is 2.53. The van der Waals surface area contributed by atoms with Gasteiger partial charge in [-0.15, -0.1) is 0 Å². The number of nitrogens with two attached hydrogens (primary N) is 1. The van der Waals surface area contributed by atoms with Crippen molar-refractivity contribution >= 4 is 27.6 Å². The van der Waals surface area contributed by atoms with Crippen molar-refractivity contribution < 1.29 is 17.7 Å². The summed E-state index contributed by atoms with van der Waals surface area (Å²) in [5.74, 6) is 0.601. The molecule has 4 rings (SSSR count). The van der Waals surface area contributed by atoms with E-state index in [4.69, 9.17) is 22.1 Å². The predicted molar refractivity (Wildman–Crippen MR) is 133 cm³/mol. The lowest BCUT2D eigenvalue weighted by molar-refractivity contribution is -0.472. The molecule has 9 heteroatoms. The van der Waals surface area contributed by atoms with Crippen LogP contribution in [0.15, 0.2) is 83.8 Å². The summed E-state index contributed by atoms with van der Waals surface area (Å²) in [4.78, 5) is 0.121. The standard InChI is InChI=1S/C25H27ClN4O3S/c1-28(2)25(27)29-17-23(18-8-5-4-6-9-18)24(19-12-14-20(26)15-13-19)30(29)34(31,32)22-11-7-10-21(16-22)33-3/h4-16,23-24,27H,17H2,1-3H3/p+1. The third-order valence-electron chi connectivity index (χ3n) is 5.97. The van der Waals surface area contributed by atoms with Gasteiger partial charge >= 0.3 is 5.96 Å². The summed E-state index contributed by atoms with van der Waals surface area (Å²) in [5.41, 5.74) is 8.30. The van der Waals surface area contributed by atoms with Gasteiger partial charge in [-0.05, 0) is 39.8 Å². The van der Waals surface area contributed by atoms with E-state index in [0.717, 1.165) is 11.1 Å². The van der Waals surface area contributed by atoms with Gasteiger partial charge in [0.1, 0.15) is 5.75 Å². The molecule has 2 unspecified atom stereocenters. The van der Waals surface area contributed by atoms with Crippen LogP contribution in [0.1, 0.15) is 23.1 Å². The van der Waals surface area contributed by atoms with Gasteiger partial charge < -0.3 is 4.74 Å². The first kappa shape index (κ1) is 24.1. The highest BCUT2D eigenvalue weighted by molar-refractivity contribution is 7.89. The van der Waals surface area contributed by atoms with Gasteiger partial charge in [-0.25, -0.2) is 8.42 Å². The molecule has 0 aliphatic carbocycles. The third kappa shape index (κ3) is 4.49. The molecule has 1 heterocycles. The Balaban J connectivity index is 1.95. The second-order valence-corrected chi connectivity index (χ2v) is 10.5. The molecule has 1 aliphatic heterocycles. The van der Waals surface area contributed by atoms with Crippen molar-refractivity contribution in [2.45, 2.75) is 16.9 Å². The molecule has 3 aromatic carbocycles. The first-order valence-corrected chi connectivity index (χ1v) is 12.6. The smallest absolute Gasteiger partial charge is 0.363 e. The molecule has 2 N–H and O–H groups in total. The Kier molecular flexibility index (Phi) is 6.84. The maximum absolute atomic E-state index is 14.2. The average molecular weight is 500 g/mol. The van der Waals surface area contributed by atoms with Crippen LogP contribution in [0.2, 0.25) is 5.02 Å². The van der Waals surface area contributed by atoms with Gasteiger partial charge in [0.2, 0.25) is 0 Å². The number of hydrogen-bond donors (Lipinski definition) is 1. The number of halogens is 1. The van der Waals surface area contributed by atoms with Gasteiger partial charge in [0.25, 0.3) is 10.0 Å². The molecular weight excluding hydrogens is 472 g/mol. The topological polar surface area (TPSA) is 78.9 Å². The Bertz CT molecular complexity index is 1290. The van der Waals surface area contributed by atoms with E-state index >= 15 is 0 Å². The van der Waals surface area contributed by atoms with Gasteiger partial charge in [-0.1, -0.05) is 60.1 Å². The van der Waals surface area contributed by atoms with E-state index in [1.165, 1.54) is 17.6 Å². The second-order valence-electron chi connectivity index (χ2n) is 8.30. The molecule has 0 aromatic heterocycles. The number of ether oxygens (including phenoxy) is 1. The van der Waals surface area contributed by atoms with E-state index in [2.05, 4.69) is 0 Å². The SMILES string of the molecule is COc1cccc(S(=O)(=O)N2C(c3ccc(Cl)cc3)C(c3ccccc3)CN2C(N)=[N+](C)C)c1. The lowest BCUT2D eigenvalue weighted by atomic mass is 9.89. The fraction of sp³-hybridized carbons (Fsp3) is 0.240. The van der Waals surface area contributed by atoms with Gasteiger partial charge in [-0.2, -0.15) is 5.01 Å². The minimum absolute atomic E-state index is 0.121. The number of rotatable bonds is 5. The third-order valence-corrected chi connectivity index (χ3v) is 7.99. The van der Waals surface area contributed by atoms with Crippen LogP contribution >= 0.6 is 11.6 Å². The Labute approximate surface area is 205 Å². The molecule has 1 aliphatic rings. The van der Waals surface area contributed by atoms with E-state index in [0.29, 0.717) is 23.3 Å². The highest BCUT2D eigenvalue weighted by Crippen LogP contribution is 2.46. The summed E-state index contributed by atoms with van der Waals surface area (Å²) in [6.45, 7) is 0.379. The maximum atomic E-state index is 14.2. The number of benzene rings is 3. The van der Waals surface area contributed by atoms with Crippen LogP contribution in [0, 0.1) is 0 Å². The molecule has 7 nitrogen and oxygen atoms in total. The number of hydrogen-bond acceptors (Lipinski definition) is 3. The lowest BCUT2D eigenvalue weighted by Gasteiger charge is -2.29. The van der Waals surface area contributed by atoms with Crippen LogP contribution < -0.4 is 10.5 Å². The molecule has 3 aromatic rings.